The zero-order valence-corrected chi connectivity index (χ0v) is 20.8. The van der Waals surface area contributed by atoms with Crippen LogP contribution >= 0.6 is 0 Å². The van der Waals surface area contributed by atoms with E-state index in [4.69, 9.17) is 18.9 Å². The molecule has 2 fully saturated rings. The van der Waals surface area contributed by atoms with Gasteiger partial charge >= 0.3 is 6.09 Å². The standard InChI is InChI=1S/C23H28FN3O7S/c1-14(2)33-22(28)27-8-7-23(10-15(23)11-27)12-32-20-19(31-3)21(26-13-25-20)34-18-6-5-16(9-17(18)24)35(4,29)30/h5-6,9,13-15H,7-8,10-12H2,1-4H3. The minimum atomic E-state index is -3.56. The number of sulfone groups is 1. The van der Waals surface area contributed by atoms with Crippen molar-refractivity contribution in [2.45, 2.75) is 37.7 Å². The molecule has 2 unspecified atom stereocenters. The van der Waals surface area contributed by atoms with Gasteiger partial charge in [-0.15, -0.1) is 0 Å². The number of ether oxygens (including phenoxy) is 4. The zero-order valence-electron chi connectivity index (χ0n) is 20.0. The van der Waals surface area contributed by atoms with Crippen LogP contribution in [-0.4, -0.2) is 68.5 Å². The number of halogens is 1. The van der Waals surface area contributed by atoms with E-state index in [1.807, 2.05) is 13.8 Å². The molecule has 1 amide bonds. The highest BCUT2D eigenvalue weighted by Crippen LogP contribution is 2.58. The Balaban J connectivity index is 1.43. The molecule has 2 aromatic rings. The average Bonchev–Trinajstić information content (AvgIpc) is 3.51. The van der Waals surface area contributed by atoms with E-state index in [9.17, 15) is 17.6 Å². The molecule has 0 radical (unpaired) electrons. The molecule has 1 aliphatic carbocycles. The van der Waals surface area contributed by atoms with Crippen molar-refractivity contribution in [1.82, 2.24) is 14.9 Å². The van der Waals surface area contributed by atoms with Crippen molar-refractivity contribution in [1.29, 1.82) is 0 Å². The number of methoxy groups -OCH3 is 1. The van der Waals surface area contributed by atoms with Crippen LogP contribution in [0.5, 0.6) is 23.3 Å². The van der Waals surface area contributed by atoms with E-state index in [2.05, 4.69) is 9.97 Å². The highest BCUT2D eigenvalue weighted by Gasteiger charge is 2.58. The van der Waals surface area contributed by atoms with Crippen molar-refractivity contribution in [2.24, 2.45) is 11.3 Å². The van der Waals surface area contributed by atoms with E-state index in [0.29, 0.717) is 25.6 Å². The number of carbonyl (C=O) groups excluding carboxylic acids is 1. The van der Waals surface area contributed by atoms with Gasteiger partial charge in [-0.1, -0.05) is 0 Å². The van der Waals surface area contributed by atoms with E-state index >= 15 is 0 Å². The summed E-state index contributed by atoms with van der Waals surface area (Å²) in [6.07, 6.45) is 3.45. The van der Waals surface area contributed by atoms with E-state index in [-0.39, 0.29) is 45.8 Å². The Labute approximate surface area is 203 Å². The Kier molecular flexibility index (Phi) is 6.76. The number of nitrogens with zero attached hydrogens (tertiary/aromatic N) is 3. The number of aromatic nitrogens is 2. The largest absolute Gasteiger partial charge is 0.487 e. The van der Waals surface area contributed by atoms with Crippen LogP contribution in [0.1, 0.15) is 26.7 Å². The lowest BCUT2D eigenvalue weighted by Gasteiger charge is -2.31. The first-order valence-corrected chi connectivity index (χ1v) is 13.1. The van der Waals surface area contributed by atoms with E-state index < -0.39 is 15.7 Å². The molecule has 4 rings (SSSR count). The highest BCUT2D eigenvalue weighted by molar-refractivity contribution is 7.90. The Morgan fingerprint density at radius 1 is 1.29 bits per heavy atom. The van der Waals surface area contributed by atoms with Gasteiger partial charge in [-0.25, -0.2) is 17.6 Å². The number of hydrogen-bond donors (Lipinski definition) is 0. The molecule has 35 heavy (non-hydrogen) atoms. The Morgan fingerprint density at radius 2 is 2.03 bits per heavy atom. The molecule has 1 aromatic carbocycles. The number of piperidine rings is 1. The summed E-state index contributed by atoms with van der Waals surface area (Å²) < 4.78 is 59.9. The lowest BCUT2D eigenvalue weighted by Crippen LogP contribution is -2.41. The van der Waals surface area contributed by atoms with Crippen molar-refractivity contribution in [3.63, 3.8) is 0 Å². The number of benzene rings is 1. The van der Waals surface area contributed by atoms with Gasteiger partial charge in [-0.2, -0.15) is 9.97 Å². The Hall–Kier alpha value is -3.15. The molecular weight excluding hydrogens is 481 g/mol. The van der Waals surface area contributed by atoms with Crippen LogP contribution in [0, 0.1) is 17.2 Å². The summed E-state index contributed by atoms with van der Waals surface area (Å²) in [7, 11) is -2.18. The normalized spacial score (nSPS) is 21.3. The first kappa shape index (κ1) is 25.0. The molecule has 10 nitrogen and oxygen atoms in total. The maximum Gasteiger partial charge on any atom is 0.410 e. The summed E-state index contributed by atoms with van der Waals surface area (Å²) in [4.78, 5) is 21.9. The van der Waals surface area contributed by atoms with E-state index in [1.54, 1.807) is 4.90 Å². The van der Waals surface area contributed by atoms with Gasteiger partial charge in [-0.05, 0) is 50.8 Å². The first-order chi connectivity index (χ1) is 16.5. The fourth-order valence-electron chi connectivity index (χ4n) is 4.21. The van der Waals surface area contributed by atoms with Crippen LogP contribution in [-0.2, 0) is 14.6 Å². The summed E-state index contributed by atoms with van der Waals surface area (Å²) >= 11 is 0. The number of carbonyl (C=O) groups is 1. The smallest absolute Gasteiger partial charge is 0.410 e. The molecule has 2 heterocycles. The van der Waals surface area contributed by atoms with E-state index in [0.717, 1.165) is 25.2 Å². The molecule has 190 valence electrons. The molecule has 2 atom stereocenters. The average molecular weight is 510 g/mol. The quantitative estimate of drug-likeness (QED) is 0.527. The van der Waals surface area contributed by atoms with Crippen molar-refractivity contribution in [3.05, 3.63) is 30.3 Å². The van der Waals surface area contributed by atoms with Crippen molar-refractivity contribution in [2.75, 3.05) is 33.1 Å². The minimum absolute atomic E-state index is 0.0564. The number of amides is 1. The number of likely N-dealkylation sites (tertiary alicyclic amines) is 1. The van der Waals surface area contributed by atoms with Gasteiger partial charge in [0.25, 0.3) is 11.8 Å². The molecule has 1 saturated carbocycles. The van der Waals surface area contributed by atoms with Gasteiger partial charge in [0.05, 0.1) is 24.7 Å². The third-order valence-corrected chi connectivity index (χ3v) is 7.36. The third kappa shape index (κ3) is 5.42. The lowest BCUT2D eigenvalue weighted by atomic mass is 9.96. The molecule has 1 aromatic heterocycles. The van der Waals surface area contributed by atoms with Gasteiger partial charge in [0.2, 0.25) is 5.75 Å². The topological polar surface area (TPSA) is 117 Å². The molecule has 0 N–H and O–H groups in total. The van der Waals surface area contributed by atoms with Crippen molar-refractivity contribution in [3.8, 4) is 23.3 Å². The van der Waals surface area contributed by atoms with Crippen LogP contribution < -0.4 is 14.2 Å². The number of rotatable bonds is 8. The van der Waals surface area contributed by atoms with Crippen molar-refractivity contribution >= 4 is 15.9 Å². The molecule has 1 saturated heterocycles. The van der Waals surface area contributed by atoms with Gasteiger partial charge in [-0.3, -0.25) is 0 Å². The van der Waals surface area contributed by atoms with Gasteiger partial charge in [0.15, 0.2) is 21.4 Å². The van der Waals surface area contributed by atoms with Crippen LogP contribution in [0.3, 0.4) is 0 Å². The Bertz CT molecular complexity index is 1220. The SMILES string of the molecule is COc1c(OCC23CCN(C(=O)OC(C)C)CC2C3)ncnc1Oc1ccc(S(C)(=O)=O)cc1F. The highest BCUT2D eigenvalue weighted by atomic mass is 32.2. The number of fused-ring (bicyclic) bond motifs is 1. The molecule has 0 bridgehead atoms. The number of hydrogen-bond acceptors (Lipinski definition) is 9. The van der Waals surface area contributed by atoms with Crippen LogP contribution in [0.15, 0.2) is 29.4 Å². The van der Waals surface area contributed by atoms with Gasteiger partial charge in [0, 0.05) is 24.8 Å². The van der Waals surface area contributed by atoms with E-state index in [1.165, 1.54) is 25.6 Å². The summed E-state index contributed by atoms with van der Waals surface area (Å²) in [6.45, 7) is 5.22. The summed E-state index contributed by atoms with van der Waals surface area (Å²) in [5.74, 6) is -0.611. The molecule has 0 spiro atoms. The second-order valence-corrected chi connectivity index (χ2v) is 11.2. The molecule has 2 aliphatic rings. The maximum absolute atomic E-state index is 14.5. The maximum atomic E-state index is 14.5. The predicted octanol–water partition coefficient (Wildman–Crippen LogP) is 3.46. The van der Waals surface area contributed by atoms with Gasteiger partial charge < -0.3 is 23.8 Å². The monoisotopic (exact) mass is 509 g/mol. The zero-order chi connectivity index (χ0) is 25.4. The summed E-state index contributed by atoms with van der Waals surface area (Å²) in [6, 6.07) is 3.33. The summed E-state index contributed by atoms with van der Waals surface area (Å²) in [5.41, 5.74) is -0.0564. The second kappa shape index (κ2) is 9.48. The third-order valence-electron chi connectivity index (χ3n) is 6.25. The Morgan fingerprint density at radius 3 is 2.66 bits per heavy atom. The van der Waals surface area contributed by atoms with Crippen molar-refractivity contribution < 1.29 is 36.6 Å². The lowest BCUT2D eigenvalue weighted by molar-refractivity contribution is 0.0585. The molecule has 12 heteroatoms. The van der Waals surface area contributed by atoms with Gasteiger partial charge in [0.1, 0.15) is 6.33 Å². The fraction of sp³-hybridized carbons (Fsp3) is 0.522. The minimum Gasteiger partial charge on any atom is -0.487 e. The molecule has 1 aliphatic heterocycles. The van der Waals surface area contributed by atoms with Crippen LogP contribution in [0.2, 0.25) is 0 Å². The molecular formula is C23H28FN3O7S. The van der Waals surface area contributed by atoms with Crippen LogP contribution in [0.25, 0.3) is 0 Å². The summed E-state index contributed by atoms with van der Waals surface area (Å²) in [5, 5.41) is 0. The first-order valence-electron chi connectivity index (χ1n) is 11.2. The van der Waals surface area contributed by atoms with Crippen LogP contribution in [0.4, 0.5) is 9.18 Å². The predicted molar refractivity (Wildman–Crippen MR) is 122 cm³/mol. The fourth-order valence-corrected chi connectivity index (χ4v) is 4.84. The second-order valence-electron chi connectivity index (χ2n) is 9.16.